The van der Waals surface area contributed by atoms with E-state index in [4.69, 9.17) is 0 Å². The van der Waals surface area contributed by atoms with Crippen LogP contribution >= 0.6 is 0 Å². The Balaban J connectivity index is 1.66. The monoisotopic (exact) mass is 373 g/mol. The van der Waals surface area contributed by atoms with Crippen LogP contribution in [0.4, 0.5) is 0 Å². The van der Waals surface area contributed by atoms with Crippen molar-refractivity contribution in [3.05, 3.63) is 101 Å². The lowest BCUT2D eigenvalue weighted by molar-refractivity contribution is 0.0779. The summed E-state index contributed by atoms with van der Waals surface area (Å²) in [6.45, 7) is 2.92. The SMILES string of the molecule is Cc1ccccc1CNC(=O)c1ccnc(C(=O)N(C)Cc2ccccc2)c1. The standard InChI is InChI=1S/C23H23N3O2/c1-17-8-6-7-11-20(17)15-25-22(27)19-12-13-24-21(14-19)23(28)26(2)16-18-9-4-3-5-10-18/h3-14H,15-16H2,1-2H3,(H,25,27). The van der Waals surface area contributed by atoms with E-state index in [1.54, 1.807) is 18.0 Å². The molecule has 5 nitrogen and oxygen atoms in total. The van der Waals surface area contributed by atoms with E-state index in [9.17, 15) is 9.59 Å². The van der Waals surface area contributed by atoms with Crippen LogP contribution in [0.3, 0.4) is 0 Å². The molecule has 0 aliphatic carbocycles. The van der Waals surface area contributed by atoms with Gasteiger partial charge in [0.25, 0.3) is 11.8 Å². The van der Waals surface area contributed by atoms with Crippen molar-refractivity contribution in [3.8, 4) is 0 Å². The molecule has 0 aliphatic rings. The largest absolute Gasteiger partial charge is 0.348 e. The summed E-state index contributed by atoms with van der Waals surface area (Å²) in [4.78, 5) is 30.9. The summed E-state index contributed by atoms with van der Waals surface area (Å²) >= 11 is 0. The first-order chi connectivity index (χ1) is 13.5. The van der Waals surface area contributed by atoms with Crippen LogP contribution < -0.4 is 5.32 Å². The highest BCUT2D eigenvalue weighted by molar-refractivity contribution is 5.98. The predicted octanol–water partition coefficient (Wildman–Crippen LogP) is 3.59. The van der Waals surface area contributed by atoms with Gasteiger partial charge in [-0.3, -0.25) is 14.6 Å². The number of hydrogen-bond acceptors (Lipinski definition) is 3. The molecule has 0 fully saturated rings. The molecule has 5 heteroatoms. The van der Waals surface area contributed by atoms with Gasteiger partial charge in [-0.1, -0.05) is 54.6 Å². The smallest absolute Gasteiger partial charge is 0.272 e. The number of carbonyl (C=O) groups is 2. The number of benzene rings is 2. The van der Waals surface area contributed by atoms with Gasteiger partial charge in [0.05, 0.1) is 0 Å². The lowest BCUT2D eigenvalue weighted by atomic mass is 10.1. The minimum absolute atomic E-state index is 0.225. The Morgan fingerprint density at radius 2 is 1.71 bits per heavy atom. The van der Waals surface area contributed by atoms with Gasteiger partial charge in [0.1, 0.15) is 5.69 Å². The van der Waals surface area contributed by atoms with Crippen molar-refractivity contribution in [3.63, 3.8) is 0 Å². The molecule has 1 N–H and O–H groups in total. The number of amides is 2. The van der Waals surface area contributed by atoms with Gasteiger partial charge in [0.15, 0.2) is 0 Å². The minimum Gasteiger partial charge on any atom is -0.348 e. The number of nitrogens with one attached hydrogen (secondary N) is 1. The van der Waals surface area contributed by atoms with Gasteiger partial charge in [0, 0.05) is 31.9 Å². The van der Waals surface area contributed by atoms with Gasteiger partial charge in [-0.25, -0.2) is 0 Å². The van der Waals surface area contributed by atoms with Crippen LogP contribution in [-0.4, -0.2) is 28.7 Å². The topological polar surface area (TPSA) is 62.3 Å². The third kappa shape index (κ3) is 4.82. The van der Waals surface area contributed by atoms with Crippen LogP contribution in [0.25, 0.3) is 0 Å². The average Bonchev–Trinajstić information content (AvgIpc) is 2.73. The first kappa shape index (κ1) is 19.3. The molecule has 3 rings (SSSR count). The van der Waals surface area contributed by atoms with Gasteiger partial charge >= 0.3 is 0 Å². The molecule has 0 spiro atoms. The maximum atomic E-state index is 12.7. The molecule has 0 saturated carbocycles. The summed E-state index contributed by atoms with van der Waals surface area (Å²) in [7, 11) is 1.72. The zero-order chi connectivity index (χ0) is 19.9. The molecular weight excluding hydrogens is 350 g/mol. The maximum absolute atomic E-state index is 12.7. The Morgan fingerprint density at radius 1 is 1.00 bits per heavy atom. The Kier molecular flexibility index (Phi) is 6.17. The lowest BCUT2D eigenvalue weighted by Gasteiger charge is -2.17. The first-order valence-corrected chi connectivity index (χ1v) is 9.13. The zero-order valence-electron chi connectivity index (χ0n) is 16.1. The van der Waals surface area contributed by atoms with Gasteiger partial charge in [-0.05, 0) is 35.7 Å². The van der Waals surface area contributed by atoms with E-state index in [1.165, 1.54) is 12.3 Å². The molecule has 2 aromatic carbocycles. The van der Waals surface area contributed by atoms with Crippen LogP contribution in [0.2, 0.25) is 0 Å². The minimum atomic E-state index is -0.231. The quantitative estimate of drug-likeness (QED) is 0.718. The zero-order valence-corrected chi connectivity index (χ0v) is 16.1. The highest BCUT2D eigenvalue weighted by atomic mass is 16.2. The fourth-order valence-corrected chi connectivity index (χ4v) is 2.90. The number of rotatable bonds is 6. The number of nitrogens with zero attached hydrogens (tertiary/aromatic N) is 2. The molecule has 1 aromatic heterocycles. The van der Waals surface area contributed by atoms with Crippen molar-refractivity contribution < 1.29 is 9.59 Å². The van der Waals surface area contributed by atoms with Crippen LogP contribution in [0, 0.1) is 6.92 Å². The molecular formula is C23H23N3O2. The first-order valence-electron chi connectivity index (χ1n) is 9.13. The van der Waals surface area contributed by atoms with Crippen LogP contribution in [0.5, 0.6) is 0 Å². The third-order valence-electron chi connectivity index (χ3n) is 4.55. The molecule has 142 valence electrons. The third-order valence-corrected chi connectivity index (χ3v) is 4.55. The Morgan fingerprint density at radius 3 is 2.46 bits per heavy atom. The van der Waals surface area contributed by atoms with Crippen molar-refractivity contribution in [2.75, 3.05) is 7.05 Å². The van der Waals surface area contributed by atoms with E-state index in [2.05, 4.69) is 10.3 Å². The number of hydrogen-bond donors (Lipinski definition) is 1. The van der Waals surface area contributed by atoms with Gasteiger partial charge < -0.3 is 10.2 Å². The molecule has 2 amide bonds. The van der Waals surface area contributed by atoms with E-state index >= 15 is 0 Å². The van der Waals surface area contributed by atoms with Crippen LogP contribution in [0.15, 0.2) is 72.9 Å². The number of carbonyl (C=O) groups excluding carboxylic acids is 2. The molecule has 0 aliphatic heterocycles. The molecule has 0 saturated heterocycles. The maximum Gasteiger partial charge on any atom is 0.272 e. The molecule has 28 heavy (non-hydrogen) atoms. The van der Waals surface area contributed by atoms with Gasteiger partial charge in [-0.15, -0.1) is 0 Å². The van der Waals surface area contributed by atoms with Crippen LogP contribution in [0.1, 0.15) is 37.5 Å². The van der Waals surface area contributed by atoms with Gasteiger partial charge in [-0.2, -0.15) is 0 Å². The Hall–Kier alpha value is -3.47. The molecule has 1 heterocycles. The fourth-order valence-electron chi connectivity index (χ4n) is 2.90. The van der Waals surface area contributed by atoms with E-state index in [1.807, 2.05) is 61.5 Å². The van der Waals surface area contributed by atoms with Crippen molar-refractivity contribution in [1.29, 1.82) is 0 Å². The summed E-state index contributed by atoms with van der Waals surface area (Å²) in [5, 5.41) is 2.90. The molecule has 0 atom stereocenters. The van der Waals surface area contributed by atoms with Crippen molar-refractivity contribution in [2.24, 2.45) is 0 Å². The summed E-state index contributed by atoms with van der Waals surface area (Å²) in [6, 6.07) is 20.8. The summed E-state index contributed by atoms with van der Waals surface area (Å²) < 4.78 is 0. The second kappa shape index (κ2) is 8.95. The molecule has 0 radical (unpaired) electrons. The lowest BCUT2D eigenvalue weighted by Crippen LogP contribution is -2.28. The predicted molar refractivity (Wildman–Crippen MR) is 109 cm³/mol. The van der Waals surface area contributed by atoms with Crippen molar-refractivity contribution in [1.82, 2.24) is 15.2 Å². The van der Waals surface area contributed by atoms with E-state index < -0.39 is 0 Å². The van der Waals surface area contributed by atoms with E-state index in [-0.39, 0.29) is 17.5 Å². The summed E-state index contributed by atoms with van der Waals surface area (Å²) in [6.07, 6.45) is 1.49. The van der Waals surface area contributed by atoms with Crippen molar-refractivity contribution in [2.45, 2.75) is 20.0 Å². The number of aryl methyl sites for hydroxylation is 1. The fraction of sp³-hybridized carbons (Fsp3) is 0.174. The summed E-state index contributed by atoms with van der Waals surface area (Å²) in [5.41, 5.74) is 3.88. The normalized spacial score (nSPS) is 10.4. The number of pyridine rings is 1. The van der Waals surface area contributed by atoms with Crippen LogP contribution in [-0.2, 0) is 13.1 Å². The average molecular weight is 373 g/mol. The molecule has 0 unspecified atom stereocenters. The van der Waals surface area contributed by atoms with E-state index in [0.717, 1.165) is 16.7 Å². The second-order valence-electron chi connectivity index (χ2n) is 6.69. The van der Waals surface area contributed by atoms with Gasteiger partial charge in [0.2, 0.25) is 0 Å². The molecule has 0 bridgehead atoms. The summed E-state index contributed by atoms with van der Waals surface area (Å²) in [5.74, 6) is -0.456. The Bertz CT molecular complexity index is 970. The Labute approximate surface area is 165 Å². The second-order valence-corrected chi connectivity index (χ2v) is 6.69. The van der Waals surface area contributed by atoms with Crippen molar-refractivity contribution >= 4 is 11.8 Å². The molecule has 3 aromatic rings. The highest BCUT2D eigenvalue weighted by Gasteiger charge is 2.16. The highest BCUT2D eigenvalue weighted by Crippen LogP contribution is 2.10. The number of aromatic nitrogens is 1. The van der Waals surface area contributed by atoms with E-state index in [0.29, 0.717) is 18.7 Å².